The average molecular weight is 236 g/mol. The molecule has 0 aliphatic heterocycles. The molecular weight excluding hydrogens is 220 g/mol. The number of hydrogen-bond donors (Lipinski definition) is 0. The van der Waals surface area contributed by atoms with Gasteiger partial charge in [-0.25, -0.2) is 0 Å². The van der Waals surface area contributed by atoms with E-state index in [9.17, 15) is 0 Å². The van der Waals surface area contributed by atoms with Crippen molar-refractivity contribution in [2.24, 2.45) is 0 Å². The molecule has 1 heteroatoms. The molecule has 0 saturated carbocycles. The highest BCUT2D eigenvalue weighted by Gasteiger charge is 1.94. The zero-order chi connectivity index (χ0) is 12.6. The Morgan fingerprint density at radius 3 is 1.89 bits per heavy atom. The van der Waals surface area contributed by atoms with Gasteiger partial charge in [0.1, 0.15) is 0 Å². The van der Waals surface area contributed by atoms with Crippen molar-refractivity contribution in [3.63, 3.8) is 0 Å². The first-order chi connectivity index (χ1) is 8.86. The molecule has 1 aromatic heterocycles. The normalized spacial score (nSPS) is 9.39. The van der Waals surface area contributed by atoms with Crippen LogP contribution in [0.3, 0.4) is 0 Å². The monoisotopic (exact) mass is 236 g/mol. The fraction of sp³-hybridized carbons (Fsp3) is 0.0588. The first kappa shape index (κ1) is 12.2. The second-order valence-corrected chi connectivity index (χ2v) is 4.03. The van der Waals surface area contributed by atoms with Crippen LogP contribution >= 0.6 is 0 Å². The molecule has 0 fully saturated rings. The van der Waals surface area contributed by atoms with E-state index in [1.165, 1.54) is 16.7 Å². The van der Waals surface area contributed by atoms with Gasteiger partial charge in [-0.1, -0.05) is 60.2 Å². The summed E-state index contributed by atoms with van der Waals surface area (Å²) in [7, 11) is 0. The van der Waals surface area contributed by atoms with E-state index in [-0.39, 0.29) is 0 Å². The van der Waals surface area contributed by atoms with E-state index in [0.29, 0.717) is 0 Å². The molecule has 2 aromatic carbocycles. The maximum atomic E-state index is 4.58. The molecule has 0 aliphatic carbocycles. The van der Waals surface area contributed by atoms with E-state index in [2.05, 4.69) is 59.9 Å². The Kier molecular flexibility index (Phi) is 4.37. The molecule has 0 unspecified atom stereocenters. The predicted octanol–water partition coefficient (Wildman–Crippen LogP) is 4.94. The van der Waals surface area contributed by atoms with E-state index in [1.807, 2.05) is 18.2 Å². The minimum absolute atomic E-state index is 1.28. The van der Waals surface area contributed by atoms with Gasteiger partial charge in [-0.2, -0.15) is 0 Å². The lowest BCUT2D eigenvalue weighted by molar-refractivity contribution is 0.567. The van der Waals surface area contributed by atoms with Crippen LogP contribution in [-0.4, -0.2) is 0 Å². The van der Waals surface area contributed by atoms with Crippen LogP contribution in [0.5, 0.6) is 0 Å². The summed E-state index contributed by atoms with van der Waals surface area (Å²) in [5.74, 6) is 0. The molecule has 0 spiro atoms. The van der Waals surface area contributed by atoms with Crippen molar-refractivity contribution < 1.29 is 4.42 Å². The fourth-order valence-corrected chi connectivity index (χ4v) is 1.68. The summed E-state index contributed by atoms with van der Waals surface area (Å²) in [6, 6.07) is 22.7. The number of hydrogen-bond acceptors (Lipinski definition) is 1. The zero-order valence-electron chi connectivity index (χ0n) is 10.4. The molecule has 18 heavy (non-hydrogen) atoms. The molecular formula is C17H16O. The lowest BCUT2D eigenvalue weighted by Crippen LogP contribution is -1.77. The molecule has 1 nitrogen and oxygen atoms in total. The van der Waals surface area contributed by atoms with Gasteiger partial charge in [-0.05, 0) is 30.2 Å². The molecule has 90 valence electrons. The van der Waals surface area contributed by atoms with Gasteiger partial charge in [0.25, 0.3) is 0 Å². The van der Waals surface area contributed by atoms with Crippen LogP contribution in [0, 0.1) is 6.92 Å². The Hall–Kier alpha value is -2.28. The maximum Gasteiger partial charge on any atom is 0.0902 e. The van der Waals surface area contributed by atoms with Gasteiger partial charge in [0.05, 0.1) is 12.5 Å². The highest BCUT2D eigenvalue weighted by Crippen LogP contribution is 2.19. The number of aryl methyl sites for hydroxylation is 1. The summed E-state index contributed by atoms with van der Waals surface area (Å²) in [6.45, 7) is 2.12. The van der Waals surface area contributed by atoms with Crippen LogP contribution < -0.4 is 0 Å². The van der Waals surface area contributed by atoms with Crippen molar-refractivity contribution in [3.8, 4) is 11.1 Å². The molecule has 3 aromatic rings. The minimum Gasteiger partial charge on any atom is -0.473 e. The lowest BCUT2D eigenvalue weighted by atomic mass is 10.0. The Bertz CT molecular complexity index is 536. The highest BCUT2D eigenvalue weighted by molar-refractivity contribution is 5.63. The summed E-state index contributed by atoms with van der Waals surface area (Å²) >= 11 is 0. The summed E-state index contributed by atoms with van der Waals surface area (Å²) in [4.78, 5) is 0. The predicted molar refractivity (Wildman–Crippen MR) is 75.3 cm³/mol. The first-order valence-electron chi connectivity index (χ1n) is 5.95. The van der Waals surface area contributed by atoms with Crippen LogP contribution in [-0.2, 0) is 0 Å². The second-order valence-electron chi connectivity index (χ2n) is 4.03. The van der Waals surface area contributed by atoms with Crippen LogP contribution in [0.2, 0.25) is 0 Å². The third-order valence-corrected chi connectivity index (χ3v) is 2.55. The third kappa shape index (κ3) is 3.63. The Labute approximate surface area is 108 Å². The van der Waals surface area contributed by atoms with Gasteiger partial charge >= 0.3 is 0 Å². The quantitative estimate of drug-likeness (QED) is 0.583. The average Bonchev–Trinajstić information content (AvgIpc) is 2.99. The third-order valence-electron chi connectivity index (χ3n) is 2.55. The smallest absolute Gasteiger partial charge is 0.0902 e. The summed E-state index contributed by atoms with van der Waals surface area (Å²) < 4.78 is 4.58. The van der Waals surface area contributed by atoms with Crippen LogP contribution in [0.1, 0.15) is 5.56 Å². The topological polar surface area (TPSA) is 13.1 Å². The SMILES string of the molecule is Cc1cccc(-c2ccccc2)c1.c1ccoc1. The van der Waals surface area contributed by atoms with E-state index >= 15 is 0 Å². The Morgan fingerprint density at radius 2 is 1.33 bits per heavy atom. The van der Waals surface area contributed by atoms with Crippen LogP contribution in [0.15, 0.2) is 83.7 Å². The van der Waals surface area contributed by atoms with Gasteiger partial charge in [0, 0.05) is 0 Å². The molecule has 0 N–H and O–H groups in total. The van der Waals surface area contributed by atoms with E-state index in [1.54, 1.807) is 12.5 Å². The van der Waals surface area contributed by atoms with Crippen LogP contribution in [0.25, 0.3) is 11.1 Å². The molecule has 0 bridgehead atoms. The van der Waals surface area contributed by atoms with Gasteiger partial charge in [-0.3, -0.25) is 0 Å². The van der Waals surface area contributed by atoms with E-state index < -0.39 is 0 Å². The van der Waals surface area contributed by atoms with Crippen molar-refractivity contribution in [2.75, 3.05) is 0 Å². The van der Waals surface area contributed by atoms with Crippen molar-refractivity contribution >= 4 is 0 Å². The van der Waals surface area contributed by atoms with Gasteiger partial charge in [0.15, 0.2) is 0 Å². The van der Waals surface area contributed by atoms with Crippen molar-refractivity contribution in [1.29, 1.82) is 0 Å². The highest BCUT2D eigenvalue weighted by atomic mass is 16.3. The first-order valence-corrected chi connectivity index (χ1v) is 5.95. The van der Waals surface area contributed by atoms with E-state index in [4.69, 9.17) is 0 Å². The number of furan rings is 1. The largest absolute Gasteiger partial charge is 0.473 e. The maximum absolute atomic E-state index is 4.58. The van der Waals surface area contributed by atoms with Crippen molar-refractivity contribution in [3.05, 3.63) is 84.8 Å². The standard InChI is InChI=1S/C13H12.C4H4O/c1-11-6-5-9-13(10-11)12-7-3-2-4-8-12;1-2-4-5-3-1/h2-10H,1H3;1-4H. The Morgan fingerprint density at radius 1 is 0.667 bits per heavy atom. The van der Waals surface area contributed by atoms with Crippen molar-refractivity contribution in [1.82, 2.24) is 0 Å². The lowest BCUT2D eigenvalue weighted by Gasteiger charge is -2.01. The molecule has 0 saturated heterocycles. The number of rotatable bonds is 1. The molecule has 0 atom stereocenters. The van der Waals surface area contributed by atoms with Gasteiger partial charge < -0.3 is 4.42 Å². The van der Waals surface area contributed by atoms with E-state index in [0.717, 1.165) is 0 Å². The summed E-state index contributed by atoms with van der Waals surface area (Å²) in [6.07, 6.45) is 3.25. The summed E-state index contributed by atoms with van der Waals surface area (Å²) in [5, 5.41) is 0. The molecule has 1 heterocycles. The fourth-order valence-electron chi connectivity index (χ4n) is 1.68. The van der Waals surface area contributed by atoms with Crippen LogP contribution in [0.4, 0.5) is 0 Å². The number of benzene rings is 2. The van der Waals surface area contributed by atoms with Gasteiger partial charge in [0.2, 0.25) is 0 Å². The minimum atomic E-state index is 1.28. The molecule has 3 rings (SSSR count). The second kappa shape index (κ2) is 6.45. The molecule has 0 radical (unpaired) electrons. The molecule has 0 aliphatic rings. The zero-order valence-corrected chi connectivity index (χ0v) is 10.4. The molecule has 0 amide bonds. The Balaban J connectivity index is 0.000000202. The van der Waals surface area contributed by atoms with Gasteiger partial charge in [-0.15, -0.1) is 0 Å². The summed E-state index contributed by atoms with van der Waals surface area (Å²) in [5.41, 5.74) is 3.88. The van der Waals surface area contributed by atoms with Crippen molar-refractivity contribution in [2.45, 2.75) is 6.92 Å².